The molecule has 0 saturated heterocycles. The fourth-order valence-electron chi connectivity index (χ4n) is 5.15. The topological polar surface area (TPSA) is 99.2 Å². The highest BCUT2D eigenvalue weighted by atomic mass is 16.1. The summed E-state index contributed by atoms with van der Waals surface area (Å²) in [5.74, 6) is 1.47. The second-order valence-electron chi connectivity index (χ2n) is 10.9. The molecule has 9 nitrogen and oxygen atoms in total. The average molecular weight is 525 g/mol. The molecule has 4 heterocycles. The molecular weight excluding hydrogens is 488 g/mol. The van der Waals surface area contributed by atoms with Gasteiger partial charge in [0.1, 0.15) is 5.82 Å². The zero-order valence-electron chi connectivity index (χ0n) is 23.3. The molecule has 0 aliphatic rings. The van der Waals surface area contributed by atoms with Gasteiger partial charge in [0, 0.05) is 48.2 Å². The van der Waals surface area contributed by atoms with Gasteiger partial charge in [-0.1, -0.05) is 58.4 Å². The summed E-state index contributed by atoms with van der Waals surface area (Å²) in [6, 6.07) is 12.1. The van der Waals surface area contributed by atoms with E-state index in [-0.39, 0.29) is 11.1 Å². The fraction of sp³-hybridized carbons (Fsp3) is 0.367. The van der Waals surface area contributed by atoms with E-state index < -0.39 is 0 Å². The Morgan fingerprint density at radius 1 is 1.00 bits per heavy atom. The van der Waals surface area contributed by atoms with Crippen LogP contribution in [0.2, 0.25) is 0 Å². The number of hydrogen-bond donors (Lipinski definition) is 1. The normalized spacial score (nSPS) is 11.8. The van der Waals surface area contributed by atoms with Crippen LogP contribution in [-0.2, 0) is 24.9 Å². The lowest BCUT2D eigenvalue weighted by Crippen LogP contribution is -2.28. The molecule has 0 radical (unpaired) electrons. The molecule has 1 N–H and O–H groups in total. The molecular formula is C30H36N8O. The van der Waals surface area contributed by atoms with Gasteiger partial charge in [-0.25, -0.2) is 4.79 Å². The highest BCUT2D eigenvalue weighted by Crippen LogP contribution is 2.33. The molecule has 0 aliphatic heterocycles. The number of pyridine rings is 1. The molecule has 0 saturated carbocycles. The number of imidazole rings is 1. The number of benzene rings is 1. The van der Waals surface area contributed by atoms with E-state index in [1.54, 1.807) is 6.20 Å². The summed E-state index contributed by atoms with van der Waals surface area (Å²) < 4.78 is 5.91. The van der Waals surface area contributed by atoms with E-state index in [9.17, 15) is 4.79 Å². The van der Waals surface area contributed by atoms with Crippen molar-refractivity contribution in [3.8, 4) is 28.3 Å². The zero-order valence-corrected chi connectivity index (χ0v) is 23.3. The van der Waals surface area contributed by atoms with Crippen molar-refractivity contribution in [2.24, 2.45) is 0 Å². The molecule has 0 atom stereocenters. The van der Waals surface area contributed by atoms with Crippen LogP contribution in [0.15, 0.2) is 66.0 Å². The molecule has 0 aliphatic carbocycles. The van der Waals surface area contributed by atoms with Gasteiger partial charge in [-0.3, -0.25) is 14.1 Å². The van der Waals surface area contributed by atoms with Crippen LogP contribution in [0.25, 0.3) is 28.3 Å². The van der Waals surface area contributed by atoms with E-state index >= 15 is 0 Å². The monoisotopic (exact) mass is 524 g/mol. The molecule has 0 unspecified atom stereocenters. The van der Waals surface area contributed by atoms with Gasteiger partial charge < -0.3 is 4.57 Å². The highest BCUT2D eigenvalue weighted by Gasteiger charge is 2.25. The van der Waals surface area contributed by atoms with Crippen LogP contribution in [0.1, 0.15) is 64.3 Å². The van der Waals surface area contributed by atoms with Gasteiger partial charge in [-0.05, 0) is 59.2 Å². The van der Waals surface area contributed by atoms with E-state index in [4.69, 9.17) is 0 Å². The Labute approximate surface area is 228 Å². The number of tetrazole rings is 1. The van der Waals surface area contributed by atoms with E-state index in [1.807, 2.05) is 51.9 Å². The maximum absolute atomic E-state index is 14.2. The van der Waals surface area contributed by atoms with E-state index in [1.165, 1.54) is 0 Å². The van der Waals surface area contributed by atoms with Crippen LogP contribution >= 0.6 is 0 Å². The van der Waals surface area contributed by atoms with Crippen molar-refractivity contribution in [2.45, 2.75) is 72.4 Å². The average Bonchev–Trinajstić information content (AvgIpc) is 3.68. The number of hydrogen-bond acceptors (Lipinski definition) is 5. The lowest BCUT2D eigenvalue weighted by atomic mass is 9.88. The summed E-state index contributed by atoms with van der Waals surface area (Å²) >= 11 is 0. The van der Waals surface area contributed by atoms with Gasteiger partial charge in [-0.15, -0.1) is 10.2 Å². The molecule has 1 aromatic carbocycles. The van der Waals surface area contributed by atoms with Crippen molar-refractivity contribution in [3.63, 3.8) is 0 Å². The SMILES string of the molecule is CCCCc1cn(-c2c(C(C)(C)C)ccn2CC)c(=O)n1Cc1cnccc1-c1ccccc1-c1nn[nH]n1. The Morgan fingerprint density at radius 2 is 1.79 bits per heavy atom. The first-order chi connectivity index (χ1) is 18.8. The first-order valence-corrected chi connectivity index (χ1v) is 13.6. The molecule has 0 amide bonds. The predicted octanol–water partition coefficient (Wildman–Crippen LogP) is 5.39. The van der Waals surface area contributed by atoms with Crippen LogP contribution in [0.5, 0.6) is 0 Å². The number of nitrogens with zero attached hydrogens (tertiary/aromatic N) is 7. The molecule has 4 aromatic heterocycles. The lowest BCUT2D eigenvalue weighted by Gasteiger charge is -2.21. The number of unbranched alkanes of at least 4 members (excludes halogenated alkanes) is 1. The summed E-state index contributed by atoms with van der Waals surface area (Å²) in [7, 11) is 0. The van der Waals surface area contributed by atoms with Crippen molar-refractivity contribution < 1.29 is 0 Å². The lowest BCUT2D eigenvalue weighted by molar-refractivity contribution is 0.577. The Morgan fingerprint density at radius 3 is 2.49 bits per heavy atom. The molecule has 5 aromatic rings. The molecule has 0 spiro atoms. The smallest absolute Gasteiger partial charge is 0.334 e. The number of aromatic amines is 1. The molecule has 5 rings (SSSR count). The number of aromatic nitrogens is 8. The van der Waals surface area contributed by atoms with Gasteiger partial charge in [0.05, 0.1) is 6.54 Å². The van der Waals surface area contributed by atoms with Crippen LogP contribution in [0.3, 0.4) is 0 Å². The van der Waals surface area contributed by atoms with Crippen LogP contribution in [-0.4, -0.2) is 39.3 Å². The summed E-state index contributed by atoms with van der Waals surface area (Å²) in [6.45, 7) is 12.0. The second-order valence-corrected chi connectivity index (χ2v) is 10.9. The minimum absolute atomic E-state index is 0.0405. The van der Waals surface area contributed by atoms with Crippen LogP contribution in [0.4, 0.5) is 0 Å². The summed E-state index contributed by atoms with van der Waals surface area (Å²) in [5.41, 5.74) is 5.80. The van der Waals surface area contributed by atoms with Gasteiger partial charge in [0.15, 0.2) is 0 Å². The largest absolute Gasteiger partial charge is 0.334 e. The van der Waals surface area contributed by atoms with E-state index in [2.05, 4.69) is 77.1 Å². The minimum atomic E-state index is -0.101. The third-order valence-electron chi connectivity index (χ3n) is 7.19. The minimum Gasteiger partial charge on any atom is -0.334 e. The first-order valence-electron chi connectivity index (χ1n) is 13.6. The number of rotatable bonds is 9. The second kappa shape index (κ2) is 10.8. The molecule has 9 heteroatoms. The highest BCUT2D eigenvalue weighted by molar-refractivity contribution is 5.81. The number of H-pyrrole nitrogens is 1. The maximum Gasteiger partial charge on any atom is 0.334 e. The van der Waals surface area contributed by atoms with Gasteiger partial charge in [0.25, 0.3) is 0 Å². The Hall–Kier alpha value is -4.27. The Bertz CT molecular complexity index is 1620. The van der Waals surface area contributed by atoms with Crippen molar-refractivity contribution in [3.05, 3.63) is 88.5 Å². The first kappa shape index (κ1) is 26.3. The molecule has 202 valence electrons. The zero-order chi connectivity index (χ0) is 27.6. The Kier molecular flexibility index (Phi) is 7.32. The predicted molar refractivity (Wildman–Crippen MR) is 153 cm³/mol. The quantitative estimate of drug-likeness (QED) is 0.279. The third kappa shape index (κ3) is 5.08. The van der Waals surface area contributed by atoms with Gasteiger partial charge in [0.2, 0.25) is 5.82 Å². The van der Waals surface area contributed by atoms with Crippen molar-refractivity contribution >= 4 is 0 Å². The van der Waals surface area contributed by atoms with Crippen molar-refractivity contribution in [1.29, 1.82) is 0 Å². The Balaban J connectivity index is 1.65. The van der Waals surface area contributed by atoms with E-state index in [0.29, 0.717) is 12.4 Å². The number of nitrogens with one attached hydrogen (secondary N) is 1. The third-order valence-corrected chi connectivity index (χ3v) is 7.19. The van der Waals surface area contributed by atoms with Crippen LogP contribution in [0, 0.1) is 0 Å². The molecule has 0 bridgehead atoms. The van der Waals surface area contributed by atoms with Crippen LogP contribution < -0.4 is 5.69 Å². The standard InChI is InChI=1S/C30H36N8O/c1-6-8-11-22-20-38(28-26(30(3,4)5)15-17-36(28)7-2)29(39)37(22)19-21-18-31-16-14-23(21)24-12-9-10-13-25(24)27-32-34-35-33-27/h9-10,12-18,20H,6-8,11,19H2,1-5H3,(H,32,33,34,35). The fourth-order valence-corrected chi connectivity index (χ4v) is 5.15. The molecule has 0 fully saturated rings. The summed E-state index contributed by atoms with van der Waals surface area (Å²) in [5, 5.41) is 14.7. The van der Waals surface area contributed by atoms with Crippen molar-refractivity contribution in [2.75, 3.05) is 0 Å². The van der Waals surface area contributed by atoms with Gasteiger partial charge >= 0.3 is 5.69 Å². The van der Waals surface area contributed by atoms with Gasteiger partial charge in [-0.2, -0.15) is 5.21 Å². The molecule has 39 heavy (non-hydrogen) atoms. The summed E-state index contributed by atoms with van der Waals surface area (Å²) in [6.07, 6.45) is 10.6. The van der Waals surface area contributed by atoms with E-state index in [0.717, 1.165) is 65.1 Å². The summed E-state index contributed by atoms with van der Waals surface area (Å²) in [4.78, 5) is 18.6. The number of aryl methyl sites for hydroxylation is 2. The van der Waals surface area contributed by atoms with Crippen molar-refractivity contribution in [1.82, 2.24) is 39.3 Å². The maximum atomic E-state index is 14.2.